The van der Waals surface area contributed by atoms with Gasteiger partial charge in [-0.1, -0.05) is 41.9 Å². The Labute approximate surface area is 160 Å². The molecule has 0 atom stereocenters. The number of carboxylic acids is 1. The molecular formula is C19H16ClN2O5-. The Kier molecular flexibility index (Phi) is 6.96. The second-order valence-corrected chi connectivity index (χ2v) is 5.70. The number of aliphatic carboxylic acids is 1. The third kappa shape index (κ3) is 5.58. The van der Waals surface area contributed by atoms with Gasteiger partial charge in [0.2, 0.25) is 0 Å². The first-order valence-corrected chi connectivity index (χ1v) is 8.18. The number of amides is 2. The van der Waals surface area contributed by atoms with Crippen LogP contribution in [0.5, 0.6) is 5.75 Å². The molecule has 0 heterocycles. The van der Waals surface area contributed by atoms with Gasteiger partial charge in [-0.2, -0.15) is 0 Å². The van der Waals surface area contributed by atoms with Crippen LogP contribution in [0.25, 0.3) is 6.08 Å². The van der Waals surface area contributed by atoms with Crippen LogP contribution in [0.1, 0.15) is 15.9 Å². The van der Waals surface area contributed by atoms with Gasteiger partial charge >= 0.3 is 0 Å². The predicted molar refractivity (Wildman–Crippen MR) is 97.9 cm³/mol. The van der Waals surface area contributed by atoms with Crippen molar-refractivity contribution in [1.29, 1.82) is 0 Å². The van der Waals surface area contributed by atoms with E-state index in [4.69, 9.17) is 16.3 Å². The van der Waals surface area contributed by atoms with Gasteiger partial charge in [-0.15, -0.1) is 0 Å². The van der Waals surface area contributed by atoms with Crippen molar-refractivity contribution in [3.63, 3.8) is 0 Å². The van der Waals surface area contributed by atoms with Crippen molar-refractivity contribution in [2.75, 3.05) is 13.7 Å². The minimum atomic E-state index is -1.46. The first kappa shape index (κ1) is 20.0. The van der Waals surface area contributed by atoms with Crippen molar-refractivity contribution in [2.45, 2.75) is 0 Å². The summed E-state index contributed by atoms with van der Waals surface area (Å²) in [5.41, 5.74) is 0.501. The highest BCUT2D eigenvalue weighted by Gasteiger charge is 2.17. The second-order valence-electron chi connectivity index (χ2n) is 5.29. The van der Waals surface area contributed by atoms with Gasteiger partial charge in [-0.3, -0.25) is 9.59 Å². The normalized spacial score (nSPS) is 10.8. The van der Waals surface area contributed by atoms with Crippen LogP contribution in [0.15, 0.2) is 54.2 Å². The minimum Gasteiger partial charge on any atom is -0.548 e. The highest BCUT2D eigenvalue weighted by Crippen LogP contribution is 2.20. The monoisotopic (exact) mass is 387 g/mol. The lowest BCUT2D eigenvalue weighted by Gasteiger charge is -2.13. The number of benzene rings is 2. The van der Waals surface area contributed by atoms with E-state index >= 15 is 0 Å². The van der Waals surface area contributed by atoms with E-state index in [9.17, 15) is 19.5 Å². The average Bonchev–Trinajstić information content (AvgIpc) is 2.66. The van der Waals surface area contributed by atoms with Gasteiger partial charge < -0.3 is 25.3 Å². The molecule has 0 aliphatic rings. The SMILES string of the molecule is COc1ccccc1/C=C(\NC(=O)c1ccccc1Cl)C(=O)NCC(=O)[O-]. The van der Waals surface area contributed by atoms with Gasteiger partial charge in [-0.25, -0.2) is 0 Å². The van der Waals surface area contributed by atoms with Crippen LogP contribution in [0.3, 0.4) is 0 Å². The van der Waals surface area contributed by atoms with Crippen molar-refractivity contribution < 1.29 is 24.2 Å². The van der Waals surface area contributed by atoms with Crippen molar-refractivity contribution in [3.05, 3.63) is 70.4 Å². The topological polar surface area (TPSA) is 108 Å². The van der Waals surface area contributed by atoms with E-state index in [0.717, 1.165) is 0 Å². The quantitative estimate of drug-likeness (QED) is 0.689. The number of hydrogen-bond donors (Lipinski definition) is 2. The molecule has 140 valence electrons. The fourth-order valence-electron chi connectivity index (χ4n) is 2.18. The van der Waals surface area contributed by atoms with Gasteiger partial charge in [0, 0.05) is 5.56 Å². The number of carboxylic acid groups (broad SMARTS) is 1. The number of carbonyl (C=O) groups is 3. The molecule has 7 nitrogen and oxygen atoms in total. The smallest absolute Gasteiger partial charge is 0.268 e. The molecule has 2 amide bonds. The van der Waals surface area contributed by atoms with Gasteiger partial charge in [0.05, 0.1) is 30.2 Å². The zero-order valence-corrected chi connectivity index (χ0v) is 15.1. The summed E-state index contributed by atoms with van der Waals surface area (Å²) in [6, 6.07) is 13.1. The molecule has 2 aromatic carbocycles. The number of methoxy groups -OCH3 is 1. The third-order valence-corrected chi connectivity index (χ3v) is 3.77. The highest BCUT2D eigenvalue weighted by molar-refractivity contribution is 6.34. The molecule has 0 aliphatic heterocycles. The lowest BCUT2D eigenvalue weighted by molar-refractivity contribution is -0.303. The van der Waals surface area contributed by atoms with Crippen LogP contribution in [0, 0.1) is 0 Å². The Hall–Kier alpha value is -3.32. The zero-order valence-electron chi connectivity index (χ0n) is 14.3. The number of nitrogens with one attached hydrogen (secondary N) is 2. The maximum absolute atomic E-state index is 12.5. The Morgan fingerprint density at radius 2 is 1.78 bits per heavy atom. The van der Waals surface area contributed by atoms with Gasteiger partial charge in [0.25, 0.3) is 11.8 Å². The van der Waals surface area contributed by atoms with Crippen LogP contribution in [0.2, 0.25) is 5.02 Å². The highest BCUT2D eigenvalue weighted by atomic mass is 35.5. The van der Waals surface area contributed by atoms with Crippen LogP contribution in [0.4, 0.5) is 0 Å². The van der Waals surface area contributed by atoms with Crippen LogP contribution >= 0.6 is 11.6 Å². The maximum atomic E-state index is 12.5. The van der Waals surface area contributed by atoms with Crippen LogP contribution < -0.4 is 20.5 Å². The van der Waals surface area contributed by atoms with Crippen LogP contribution in [-0.4, -0.2) is 31.4 Å². The Balaban J connectivity index is 2.36. The molecule has 2 N–H and O–H groups in total. The summed E-state index contributed by atoms with van der Waals surface area (Å²) in [5, 5.41) is 15.4. The van der Waals surface area contributed by atoms with E-state index in [2.05, 4.69) is 10.6 Å². The first-order valence-electron chi connectivity index (χ1n) is 7.81. The number of halogens is 1. The molecule has 0 radical (unpaired) electrons. The van der Waals surface area contributed by atoms with E-state index in [1.165, 1.54) is 25.3 Å². The number of ether oxygens (including phenoxy) is 1. The molecule has 8 heteroatoms. The zero-order chi connectivity index (χ0) is 19.8. The number of para-hydroxylation sites is 1. The van der Waals surface area contributed by atoms with Crippen molar-refractivity contribution >= 4 is 35.5 Å². The molecular weight excluding hydrogens is 372 g/mol. The number of carbonyl (C=O) groups excluding carboxylic acids is 3. The molecule has 0 unspecified atom stereocenters. The Bertz CT molecular complexity index is 895. The largest absolute Gasteiger partial charge is 0.548 e. The standard InChI is InChI=1S/C19H17ClN2O5/c1-27-16-9-5-2-6-12(16)10-15(19(26)21-11-17(23)24)22-18(25)13-7-3-4-8-14(13)20/h2-10H,11H2,1H3,(H,21,26)(H,22,25)(H,23,24)/p-1/b15-10-. The van der Waals surface area contributed by atoms with Crippen molar-refractivity contribution in [1.82, 2.24) is 10.6 Å². The lowest BCUT2D eigenvalue weighted by Crippen LogP contribution is -2.41. The summed E-state index contributed by atoms with van der Waals surface area (Å²) in [4.78, 5) is 35.4. The third-order valence-electron chi connectivity index (χ3n) is 3.44. The molecule has 0 saturated heterocycles. The van der Waals surface area contributed by atoms with E-state index in [1.54, 1.807) is 36.4 Å². The predicted octanol–water partition coefficient (Wildman–Crippen LogP) is 0.986. The fraction of sp³-hybridized carbons (Fsp3) is 0.105. The molecule has 27 heavy (non-hydrogen) atoms. The number of hydrogen-bond acceptors (Lipinski definition) is 5. The minimum absolute atomic E-state index is 0.165. The summed E-state index contributed by atoms with van der Waals surface area (Å²) >= 11 is 6.01. The number of rotatable bonds is 7. The molecule has 0 spiro atoms. The van der Waals surface area contributed by atoms with E-state index in [-0.39, 0.29) is 16.3 Å². The summed E-state index contributed by atoms with van der Waals surface area (Å²) < 4.78 is 5.22. The maximum Gasteiger partial charge on any atom is 0.268 e. The van der Waals surface area contributed by atoms with Gasteiger partial charge in [0.15, 0.2) is 0 Å². The summed E-state index contributed by atoms with van der Waals surface area (Å²) in [5.74, 6) is -2.41. The molecule has 0 aliphatic carbocycles. The molecule has 2 rings (SSSR count). The fourth-order valence-corrected chi connectivity index (χ4v) is 2.40. The van der Waals surface area contributed by atoms with Gasteiger partial charge in [-0.05, 0) is 24.3 Å². The first-order chi connectivity index (χ1) is 12.9. The van der Waals surface area contributed by atoms with E-state index in [0.29, 0.717) is 11.3 Å². The van der Waals surface area contributed by atoms with Gasteiger partial charge in [0.1, 0.15) is 11.4 Å². The second kappa shape index (κ2) is 9.40. The van der Waals surface area contributed by atoms with E-state index in [1.807, 2.05) is 0 Å². The average molecular weight is 388 g/mol. The Morgan fingerprint density at radius 1 is 1.11 bits per heavy atom. The molecule has 0 fully saturated rings. The molecule has 0 saturated carbocycles. The summed E-state index contributed by atoms with van der Waals surface area (Å²) in [6.45, 7) is -0.704. The molecule has 2 aromatic rings. The summed E-state index contributed by atoms with van der Waals surface area (Å²) in [6.07, 6.45) is 1.37. The lowest BCUT2D eigenvalue weighted by atomic mass is 10.1. The Morgan fingerprint density at radius 3 is 2.44 bits per heavy atom. The van der Waals surface area contributed by atoms with Crippen molar-refractivity contribution in [2.24, 2.45) is 0 Å². The van der Waals surface area contributed by atoms with Crippen molar-refractivity contribution in [3.8, 4) is 5.75 Å². The molecule has 0 bridgehead atoms. The van der Waals surface area contributed by atoms with E-state index < -0.39 is 24.3 Å². The summed E-state index contributed by atoms with van der Waals surface area (Å²) in [7, 11) is 1.46. The molecule has 0 aromatic heterocycles. The van der Waals surface area contributed by atoms with Crippen LogP contribution in [-0.2, 0) is 9.59 Å².